The van der Waals surface area contributed by atoms with Crippen LogP contribution in [0.3, 0.4) is 0 Å². The largest absolute Gasteiger partial charge is 0.488 e. The predicted octanol–water partition coefficient (Wildman–Crippen LogP) is 3.45. The van der Waals surface area contributed by atoms with E-state index in [4.69, 9.17) is 16.3 Å². The molecule has 0 aliphatic carbocycles. The average Bonchev–Trinajstić information content (AvgIpc) is 2.53. The molecule has 2 rings (SSSR count). The maximum Gasteiger partial charge on any atom is 0.271 e. The smallest absolute Gasteiger partial charge is 0.271 e. The van der Waals surface area contributed by atoms with E-state index in [0.29, 0.717) is 22.9 Å². The third-order valence-electron chi connectivity index (χ3n) is 3.37. The third-order valence-corrected chi connectivity index (χ3v) is 3.61. The lowest BCUT2D eigenvalue weighted by molar-refractivity contribution is -0.136. The molecule has 0 aliphatic heterocycles. The summed E-state index contributed by atoms with van der Waals surface area (Å²) in [5, 5.41) is 14.0. The Bertz CT molecular complexity index is 782. The molecule has 0 heterocycles. The van der Waals surface area contributed by atoms with Crippen molar-refractivity contribution in [1.29, 1.82) is 0 Å². The third kappa shape index (κ3) is 5.89. The number of hydrogen-bond donors (Lipinski definition) is 2. The van der Waals surface area contributed by atoms with E-state index < -0.39 is 11.5 Å². The Morgan fingerprint density at radius 2 is 2.08 bits per heavy atom. The molecular formula is C19H21ClN2O3. The van der Waals surface area contributed by atoms with E-state index >= 15 is 0 Å². The van der Waals surface area contributed by atoms with Crippen LogP contribution in [0.4, 0.5) is 0 Å². The molecule has 132 valence electrons. The van der Waals surface area contributed by atoms with Gasteiger partial charge in [0.25, 0.3) is 5.91 Å². The Kier molecular flexibility index (Phi) is 6.17. The van der Waals surface area contributed by atoms with Crippen molar-refractivity contribution < 1.29 is 14.6 Å². The van der Waals surface area contributed by atoms with Crippen molar-refractivity contribution in [3.63, 3.8) is 0 Å². The van der Waals surface area contributed by atoms with Gasteiger partial charge >= 0.3 is 0 Å². The number of rotatable bonds is 6. The number of ether oxygens (including phenoxy) is 1. The second-order valence-electron chi connectivity index (χ2n) is 6.22. The van der Waals surface area contributed by atoms with Gasteiger partial charge in [0.15, 0.2) is 0 Å². The molecule has 0 aliphatic rings. The molecule has 0 saturated heterocycles. The number of halogens is 1. The van der Waals surface area contributed by atoms with Gasteiger partial charge in [-0.3, -0.25) is 4.79 Å². The highest BCUT2D eigenvalue weighted by Gasteiger charge is 2.22. The second kappa shape index (κ2) is 8.14. The lowest BCUT2D eigenvalue weighted by Gasteiger charge is -2.14. The average molecular weight is 361 g/mol. The van der Waals surface area contributed by atoms with Gasteiger partial charge in [-0.2, -0.15) is 5.10 Å². The molecule has 6 heteroatoms. The number of carbonyl (C=O) groups excluding carboxylic acids is 1. The van der Waals surface area contributed by atoms with Gasteiger partial charge in [-0.05, 0) is 44.5 Å². The summed E-state index contributed by atoms with van der Waals surface area (Å²) in [7, 11) is 0. The van der Waals surface area contributed by atoms with Crippen molar-refractivity contribution in [3.8, 4) is 5.75 Å². The quantitative estimate of drug-likeness (QED) is 0.612. The van der Waals surface area contributed by atoms with Gasteiger partial charge < -0.3 is 9.84 Å². The number of carbonyl (C=O) groups is 1. The molecular weight excluding hydrogens is 340 g/mol. The van der Waals surface area contributed by atoms with Gasteiger partial charge in [-0.1, -0.05) is 41.4 Å². The number of benzene rings is 2. The first-order valence-corrected chi connectivity index (χ1v) is 8.17. The number of hydrogen-bond acceptors (Lipinski definition) is 4. The van der Waals surface area contributed by atoms with Crippen LogP contribution in [0.25, 0.3) is 0 Å². The second-order valence-corrected chi connectivity index (χ2v) is 6.65. The number of amides is 1. The Hall–Kier alpha value is -2.37. The summed E-state index contributed by atoms with van der Waals surface area (Å²) in [6.07, 6.45) is 1.43. The zero-order valence-electron chi connectivity index (χ0n) is 14.4. The Labute approximate surface area is 152 Å². The van der Waals surface area contributed by atoms with Crippen molar-refractivity contribution in [2.45, 2.75) is 33.0 Å². The van der Waals surface area contributed by atoms with Gasteiger partial charge in [-0.15, -0.1) is 0 Å². The van der Waals surface area contributed by atoms with Crippen molar-refractivity contribution in [2.75, 3.05) is 0 Å². The highest BCUT2D eigenvalue weighted by Crippen LogP contribution is 2.22. The molecule has 0 radical (unpaired) electrons. The Morgan fingerprint density at radius 1 is 1.32 bits per heavy atom. The monoisotopic (exact) mass is 360 g/mol. The minimum atomic E-state index is -1.50. The molecule has 25 heavy (non-hydrogen) atoms. The van der Waals surface area contributed by atoms with E-state index in [2.05, 4.69) is 10.5 Å². The van der Waals surface area contributed by atoms with Crippen molar-refractivity contribution in [1.82, 2.24) is 5.43 Å². The van der Waals surface area contributed by atoms with Gasteiger partial charge in [0.05, 0.1) is 6.21 Å². The molecule has 2 aromatic rings. The van der Waals surface area contributed by atoms with Crippen LogP contribution in [0.5, 0.6) is 5.75 Å². The fourth-order valence-electron chi connectivity index (χ4n) is 2.01. The molecule has 0 atom stereocenters. The number of hydrazone groups is 1. The van der Waals surface area contributed by atoms with Crippen LogP contribution in [0, 0.1) is 6.92 Å². The summed E-state index contributed by atoms with van der Waals surface area (Å²) in [6, 6.07) is 13.2. The maximum atomic E-state index is 11.6. The van der Waals surface area contributed by atoms with Gasteiger partial charge in [0.1, 0.15) is 18.0 Å². The Balaban J connectivity index is 2.10. The van der Waals surface area contributed by atoms with Crippen LogP contribution in [0.1, 0.15) is 30.5 Å². The van der Waals surface area contributed by atoms with Crippen LogP contribution in [-0.4, -0.2) is 22.8 Å². The molecule has 2 N–H and O–H groups in total. The van der Waals surface area contributed by atoms with E-state index in [9.17, 15) is 9.90 Å². The minimum Gasteiger partial charge on any atom is -0.488 e. The summed E-state index contributed by atoms with van der Waals surface area (Å²) in [4.78, 5) is 11.6. The molecule has 0 spiro atoms. The first kappa shape index (κ1) is 19.0. The minimum absolute atomic E-state index is 0.403. The van der Waals surface area contributed by atoms with Crippen molar-refractivity contribution >= 4 is 23.7 Å². The molecule has 0 fully saturated rings. The van der Waals surface area contributed by atoms with E-state index in [1.54, 1.807) is 18.2 Å². The first-order valence-electron chi connectivity index (χ1n) is 7.79. The van der Waals surface area contributed by atoms with Crippen molar-refractivity contribution in [2.24, 2.45) is 5.10 Å². The zero-order chi connectivity index (χ0) is 18.4. The van der Waals surface area contributed by atoms with Crippen LogP contribution in [0.15, 0.2) is 47.6 Å². The van der Waals surface area contributed by atoms with Gasteiger partial charge in [0, 0.05) is 10.6 Å². The van der Waals surface area contributed by atoms with E-state index in [1.165, 1.54) is 20.1 Å². The normalized spacial score (nSPS) is 11.6. The Morgan fingerprint density at radius 3 is 2.76 bits per heavy atom. The molecule has 0 aromatic heterocycles. The van der Waals surface area contributed by atoms with E-state index in [0.717, 1.165) is 11.1 Å². The number of aryl methyl sites for hydroxylation is 1. The summed E-state index contributed by atoms with van der Waals surface area (Å²) < 4.78 is 5.85. The van der Waals surface area contributed by atoms with Gasteiger partial charge in [-0.25, -0.2) is 5.43 Å². The summed E-state index contributed by atoms with van der Waals surface area (Å²) in [5.41, 5.74) is 3.61. The standard InChI is InChI=1S/C19H21ClN2O3/c1-13-5-4-6-14(9-13)12-25-17-8-7-16(20)10-15(17)11-21-22-18(23)19(2,3)24/h4-11,24H,12H2,1-3H3,(H,22,23). The molecule has 0 unspecified atom stereocenters. The lowest BCUT2D eigenvalue weighted by atomic mass is 10.1. The maximum absolute atomic E-state index is 11.6. The van der Waals surface area contributed by atoms with Gasteiger partial charge in [0.2, 0.25) is 0 Å². The van der Waals surface area contributed by atoms with E-state index in [1.807, 2.05) is 31.2 Å². The molecule has 0 bridgehead atoms. The summed E-state index contributed by atoms with van der Waals surface area (Å²) in [6.45, 7) is 5.19. The topological polar surface area (TPSA) is 70.9 Å². The fourth-order valence-corrected chi connectivity index (χ4v) is 2.19. The molecule has 5 nitrogen and oxygen atoms in total. The lowest BCUT2D eigenvalue weighted by Crippen LogP contribution is -2.39. The molecule has 1 amide bonds. The number of nitrogens with one attached hydrogen (secondary N) is 1. The SMILES string of the molecule is Cc1cccc(COc2ccc(Cl)cc2C=NNC(=O)C(C)(C)O)c1. The van der Waals surface area contributed by atoms with Crippen LogP contribution in [0.2, 0.25) is 5.02 Å². The zero-order valence-corrected chi connectivity index (χ0v) is 15.2. The first-order chi connectivity index (χ1) is 11.8. The van der Waals surface area contributed by atoms with Crippen LogP contribution >= 0.6 is 11.6 Å². The molecule has 2 aromatic carbocycles. The van der Waals surface area contributed by atoms with Crippen LogP contribution in [-0.2, 0) is 11.4 Å². The fraction of sp³-hybridized carbons (Fsp3) is 0.263. The van der Waals surface area contributed by atoms with Crippen molar-refractivity contribution in [3.05, 3.63) is 64.2 Å². The summed E-state index contributed by atoms with van der Waals surface area (Å²) >= 11 is 6.02. The molecule has 0 saturated carbocycles. The highest BCUT2D eigenvalue weighted by molar-refractivity contribution is 6.30. The number of nitrogens with zero attached hydrogens (tertiary/aromatic N) is 1. The van der Waals surface area contributed by atoms with E-state index in [-0.39, 0.29) is 0 Å². The summed E-state index contributed by atoms with van der Waals surface area (Å²) in [5.74, 6) is -0.0137. The van der Waals surface area contributed by atoms with Crippen LogP contribution < -0.4 is 10.2 Å². The highest BCUT2D eigenvalue weighted by atomic mass is 35.5. The number of aliphatic hydroxyl groups is 1. The predicted molar refractivity (Wildman–Crippen MR) is 99.0 cm³/mol.